The van der Waals surface area contributed by atoms with Gasteiger partial charge in [0, 0.05) is 5.54 Å². The van der Waals surface area contributed by atoms with E-state index in [1.807, 2.05) is 0 Å². The van der Waals surface area contributed by atoms with Crippen molar-refractivity contribution in [2.24, 2.45) is 11.7 Å². The Morgan fingerprint density at radius 1 is 1.28 bits per heavy atom. The minimum atomic E-state index is -0.366. The van der Waals surface area contributed by atoms with E-state index in [4.69, 9.17) is 10.5 Å². The van der Waals surface area contributed by atoms with Crippen molar-refractivity contribution in [2.75, 3.05) is 19.8 Å². The summed E-state index contributed by atoms with van der Waals surface area (Å²) in [7, 11) is 0. The van der Waals surface area contributed by atoms with Crippen LogP contribution in [0.5, 0.6) is 0 Å². The maximum atomic E-state index is 9.49. The van der Waals surface area contributed by atoms with Crippen molar-refractivity contribution < 1.29 is 9.84 Å². The van der Waals surface area contributed by atoms with Crippen molar-refractivity contribution in [2.45, 2.75) is 63.3 Å². The van der Waals surface area contributed by atoms with Crippen molar-refractivity contribution in [1.29, 1.82) is 0 Å². The predicted octanol–water partition coefficient (Wildman–Crippen LogP) is 3.73. The molecule has 3 atom stereocenters. The van der Waals surface area contributed by atoms with Crippen LogP contribution in [0, 0.1) is 5.92 Å². The zero-order valence-corrected chi connectivity index (χ0v) is 15.5. The first kappa shape index (κ1) is 18.6. The Hall–Kier alpha value is -1.16. The van der Waals surface area contributed by atoms with Gasteiger partial charge >= 0.3 is 0 Å². The summed E-state index contributed by atoms with van der Waals surface area (Å²) in [6.45, 7) is 3.85. The summed E-state index contributed by atoms with van der Waals surface area (Å²) >= 11 is 0. The largest absolute Gasteiger partial charge is 0.394 e. The molecule has 25 heavy (non-hydrogen) atoms. The summed E-state index contributed by atoms with van der Waals surface area (Å²) < 4.78 is 5.81. The molecule has 3 nitrogen and oxygen atoms in total. The quantitative estimate of drug-likeness (QED) is 0.586. The summed E-state index contributed by atoms with van der Waals surface area (Å²) in [5, 5.41) is 9.49. The number of ether oxygens (including phenoxy) is 1. The van der Waals surface area contributed by atoms with E-state index in [1.54, 1.807) is 0 Å². The Kier molecular flexibility index (Phi) is 6.32. The average Bonchev–Trinajstić information content (AvgIpc) is 3.04. The lowest BCUT2D eigenvalue weighted by Crippen LogP contribution is -2.40. The van der Waals surface area contributed by atoms with E-state index < -0.39 is 0 Å². The predicted molar refractivity (Wildman–Crippen MR) is 103 cm³/mol. The molecule has 3 N–H and O–H groups in total. The second-order valence-corrected chi connectivity index (χ2v) is 8.01. The van der Waals surface area contributed by atoms with Crippen molar-refractivity contribution >= 4 is 0 Å². The number of nitrogens with two attached hydrogens (primary N) is 1. The van der Waals surface area contributed by atoms with Crippen LogP contribution in [0.3, 0.4) is 0 Å². The van der Waals surface area contributed by atoms with E-state index in [-0.39, 0.29) is 12.1 Å². The minimum absolute atomic E-state index is 0.101. The normalized spacial score (nSPS) is 29.2. The molecule has 1 saturated carbocycles. The molecule has 138 valence electrons. The molecule has 3 rings (SSSR count). The fourth-order valence-corrected chi connectivity index (χ4v) is 4.37. The van der Waals surface area contributed by atoms with Gasteiger partial charge in [-0.25, -0.2) is 0 Å². The molecule has 1 aromatic carbocycles. The SMILES string of the molecule is CC/C=C\COC[C@@H]1CCc2cc([C@H]3CC[C@](N)(CO)C3)ccc2C1. The van der Waals surface area contributed by atoms with E-state index in [2.05, 4.69) is 37.3 Å². The first-order valence-electron chi connectivity index (χ1n) is 9.87. The average molecular weight is 344 g/mol. The summed E-state index contributed by atoms with van der Waals surface area (Å²) in [5.74, 6) is 1.15. The highest BCUT2D eigenvalue weighted by molar-refractivity contribution is 5.36. The second kappa shape index (κ2) is 8.48. The summed E-state index contributed by atoms with van der Waals surface area (Å²) in [4.78, 5) is 0. The molecule has 0 saturated heterocycles. The summed E-state index contributed by atoms with van der Waals surface area (Å²) in [5.41, 5.74) is 10.3. The van der Waals surface area contributed by atoms with E-state index in [9.17, 15) is 5.11 Å². The molecular weight excluding hydrogens is 310 g/mol. The van der Waals surface area contributed by atoms with Crippen LogP contribution in [0.4, 0.5) is 0 Å². The highest BCUT2D eigenvalue weighted by Crippen LogP contribution is 2.40. The number of aliphatic hydroxyl groups is 1. The number of hydrogen-bond donors (Lipinski definition) is 2. The van der Waals surface area contributed by atoms with Crippen LogP contribution >= 0.6 is 0 Å². The van der Waals surface area contributed by atoms with Gasteiger partial charge in [-0.05, 0) is 73.5 Å². The third-order valence-electron chi connectivity index (χ3n) is 5.96. The molecule has 0 aromatic heterocycles. The molecule has 0 radical (unpaired) electrons. The highest BCUT2D eigenvalue weighted by atomic mass is 16.5. The Morgan fingerprint density at radius 2 is 2.16 bits per heavy atom. The molecule has 0 heterocycles. The van der Waals surface area contributed by atoms with Gasteiger partial charge in [0.2, 0.25) is 0 Å². The second-order valence-electron chi connectivity index (χ2n) is 8.01. The van der Waals surface area contributed by atoms with Gasteiger partial charge in [-0.3, -0.25) is 0 Å². The Labute approximate surface area is 152 Å². The Bertz CT molecular complexity index is 598. The molecule has 1 fully saturated rings. The molecule has 0 spiro atoms. The molecule has 0 unspecified atom stereocenters. The maximum Gasteiger partial charge on any atom is 0.0647 e. The summed E-state index contributed by atoms with van der Waals surface area (Å²) in [6, 6.07) is 7.02. The molecule has 2 aliphatic carbocycles. The van der Waals surface area contributed by atoms with Gasteiger partial charge in [0.05, 0.1) is 19.8 Å². The van der Waals surface area contributed by atoms with E-state index in [0.717, 1.165) is 51.7 Å². The van der Waals surface area contributed by atoms with Crippen molar-refractivity contribution in [3.05, 3.63) is 47.0 Å². The standard InChI is InChI=1S/C22H33NO2/c1-2-3-4-11-25-15-17-5-6-19-13-20(8-7-18(19)12-17)21-9-10-22(23,14-21)16-24/h3-4,7-8,13,17,21,24H,2,5-6,9-12,14-16,23H2,1H3/b4-3-/t17-,21+,22-/m1/s1. The van der Waals surface area contributed by atoms with E-state index >= 15 is 0 Å². The molecule has 2 aliphatic rings. The third-order valence-corrected chi connectivity index (χ3v) is 5.96. The van der Waals surface area contributed by atoms with Crippen LogP contribution in [-0.2, 0) is 17.6 Å². The smallest absolute Gasteiger partial charge is 0.0647 e. The van der Waals surface area contributed by atoms with Gasteiger partial charge < -0.3 is 15.6 Å². The number of fused-ring (bicyclic) bond motifs is 1. The molecular formula is C22H33NO2. The van der Waals surface area contributed by atoms with Crippen molar-refractivity contribution in [3.8, 4) is 0 Å². The van der Waals surface area contributed by atoms with Crippen LogP contribution < -0.4 is 5.73 Å². The molecule has 3 heteroatoms. The monoisotopic (exact) mass is 343 g/mol. The van der Waals surface area contributed by atoms with Gasteiger partial charge in [-0.15, -0.1) is 0 Å². The molecule has 0 amide bonds. The molecule has 0 bridgehead atoms. The number of aryl methyl sites for hydroxylation is 1. The fourth-order valence-electron chi connectivity index (χ4n) is 4.37. The van der Waals surface area contributed by atoms with Crippen LogP contribution in [0.15, 0.2) is 30.4 Å². The first-order chi connectivity index (χ1) is 12.1. The maximum absolute atomic E-state index is 9.49. The number of aliphatic hydroxyl groups excluding tert-OH is 1. The van der Waals surface area contributed by atoms with Gasteiger partial charge in [0.15, 0.2) is 0 Å². The van der Waals surface area contributed by atoms with Crippen LogP contribution in [0.25, 0.3) is 0 Å². The lowest BCUT2D eigenvalue weighted by molar-refractivity contribution is 0.116. The zero-order valence-electron chi connectivity index (χ0n) is 15.5. The number of allylic oxidation sites excluding steroid dienone is 1. The minimum Gasteiger partial charge on any atom is -0.394 e. The van der Waals surface area contributed by atoms with E-state index in [0.29, 0.717) is 11.8 Å². The lowest BCUT2D eigenvalue weighted by Gasteiger charge is -2.26. The lowest BCUT2D eigenvalue weighted by atomic mass is 9.82. The molecule has 0 aliphatic heterocycles. The zero-order chi connectivity index (χ0) is 17.7. The van der Waals surface area contributed by atoms with Crippen molar-refractivity contribution in [1.82, 2.24) is 0 Å². The van der Waals surface area contributed by atoms with Gasteiger partial charge in [0.1, 0.15) is 0 Å². The van der Waals surface area contributed by atoms with E-state index in [1.165, 1.54) is 23.1 Å². The third kappa shape index (κ3) is 4.72. The van der Waals surface area contributed by atoms with Crippen molar-refractivity contribution in [3.63, 3.8) is 0 Å². The van der Waals surface area contributed by atoms with Gasteiger partial charge in [0.25, 0.3) is 0 Å². The summed E-state index contributed by atoms with van der Waals surface area (Å²) in [6.07, 6.45) is 11.8. The van der Waals surface area contributed by atoms with Gasteiger partial charge in [-0.1, -0.05) is 37.3 Å². The fraction of sp³-hybridized carbons (Fsp3) is 0.636. The topological polar surface area (TPSA) is 55.5 Å². The first-order valence-corrected chi connectivity index (χ1v) is 9.87. The number of rotatable bonds is 7. The number of hydrogen-bond acceptors (Lipinski definition) is 3. The Morgan fingerprint density at radius 3 is 2.92 bits per heavy atom. The Balaban J connectivity index is 1.56. The highest BCUT2D eigenvalue weighted by Gasteiger charge is 2.36. The van der Waals surface area contributed by atoms with Gasteiger partial charge in [-0.2, -0.15) is 0 Å². The van der Waals surface area contributed by atoms with Crippen LogP contribution in [-0.4, -0.2) is 30.5 Å². The van der Waals surface area contributed by atoms with Crippen LogP contribution in [0.1, 0.15) is 61.6 Å². The molecule has 1 aromatic rings. The van der Waals surface area contributed by atoms with Crippen LogP contribution in [0.2, 0.25) is 0 Å². The number of benzene rings is 1.